The first-order valence-electron chi connectivity index (χ1n) is 10.5. The van der Waals surface area contributed by atoms with E-state index < -0.39 is 0 Å². The smallest absolute Gasteiger partial charge is 0.161 e. The number of nitrogens with zero attached hydrogens (tertiary/aromatic N) is 2. The van der Waals surface area contributed by atoms with Crippen LogP contribution < -0.4 is 14.2 Å². The highest BCUT2D eigenvalue weighted by atomic mass is 16.5. The van der Waals surface area contributed by atoms with E-state index in [-0.39, 0.29) is 5.78 Å². The van der Waals surface area contributed by atoms with Gasteiger partial charge in [-0.25, -0.2) is 0 Å². The molecule has 0 N–H and O–H groups in total. The lowest BCUT2D eigenvalue weighted by Crippen LogP contribution is -2.45. The molecule has 0 aliphatic carbocycles. The molecule has 0 spiro atoms. The SMILES string of the molecule is CCOc1ccc(C(C)=O)cc1CN1CCN(Cc2ccc(OC)c(OC)c2)CC1. The third-order valence-corrected chi connectivity index (χ3v) is 5.48. The van der Waals surface area contributed by atoms with Crippen molar-refractivity contribution in [3.05, 3.63) is 53.1 Å². The molecule has 0 aromatic heterocycles. The van der Waals surface area contributed by atoms with Gasteiger partial charge in [0.1, 0.15) is 5.75 Å². The zero-order valence-electron chi connectivity index (χ0n) is 18.4. The van der Waals surface area contributed by atoms with Crippen molar-refractivity contribution in [2.24, 2.45) is 0 Å². The second-order valence-electron chi connectivity index (χ2n) is 7.55. The van der Waals surface area contributed by atoms with Crippen LogP contribution in [0.2, 0.25) is 0 Å². The van der Waals surface area contributed by atoms with Crippen LogP contribution in [0.1, 0.15) is 35.3 Å². The first kappa shape index (κ1) is 22.1. The lowest BCUT2D eigenvalue weighted by Gasteiger charge is -2.35. The van der Waals surface area contributed by atoms with Crippen LogP contribution in [0.15, 0.2) is 36.4 Å². The molecule has 30 heavy (non-hydrogen) atoms. The molecule has 1 heterocycles. The molecule has 1 fully saturated rings. The van der Waals surface area contributed by atoms with Crippen molar-refractivity contribution < 1.29 is 19.0 Å². The van der Waals surface area contributed by atoms with E-state index in [0.717, 1.165) is 67.6 Å². The molecule has 0 bridgehead atoms. The van der Waals surface area contributed by atoms with Gasteiger partial charge in [-0.1, -0.05) is 6.07 Å². The van der Waals surface area contributed by atoms with Crippen LogP contribution in [0.5, 0.6) is 17.2 Å². The molecule has 0 radical (unpaired) electrons. The number of rotatable bonds is 9. The molecule has 162 valence electrons. The molecule has 0 unspecified atom stereocenters. The maximum absolute atomic E-state index is 11.8. The maximum atomic E-state index is 11.8. The summed E-state index contributed by atoms with van der Waals surface area (Å²) in [6, 6.07) is 11.8. The number of carbonyl (C=O) groups excluding carboxylic acids is 1. The Morgan fingerprint density at radius 3 is 2.10 bits per heavy atom. The standard InChI is InChI=1S/C24H32N2O4/c1-5-30-22-9-7-20(18(2)27)15-21(22)17-26-12-10-25(11-13-26)16-19-6-8-23(28-3)24(14-19)29-4/h6-9,14-15H,5,10-13,16-17H2,1-4H3. The Balaban J connectivity index is 1.60. The topological polar surface area (TPSA) is 51.2 Å². The van der Waals surface area contributed by atoms with Crippen molar-refractivity contribution in [3.8, 4) is 17.2 Å². The van der Waals surface area contributed by atoms with Gasteiger partial charge in [-0.2, -0.15) is 0 Å². The van der Waals surface area contributed by atoms with Crippen LogP contribution in [0.3, 0.4) is 0 Å². The number of methoxy groups -OCH3 is 2. The highest BCUT2D eigenvalue weighted by Crippen LogP contribution is 2.28. The van der Waals surface area contributed by atoms with Crippen LogP contribution in [-0.2, 0) is 13.1 Å². The minimum Gasteiger partial charge on any atom is -0.494 e. The summed E-state index contributed by atoms with van der Waals surface area (Å²) < 4.78 is 16.5. The van der Waals surface area contributed by atoms with Crippen molar-refractivity contribution in [1.82, 2.24) is 9.80 Å². The molecule has 2 aromatic rings. The molecule has 0 atom stereocenters. The van der Waals surface area contributed by atoms with Gasteiger partial charge in [-0.15, -0.1) is 0 Å². The Morgan fingerprint density at radius 2 is 1.50 bits per heavy atom. The molecule has 1 aliphatic heterocycles. The molecule has 1 saturated heterocycles. The average Bonchev–Trinajstić information content (AvgIpc) is 2.76. The van der Waals surface area contributed by atoms with E-state index in [4.69, 9.17) is 14.2 Å². The highest BCUT2D eigenvalue weighted by molar-refractivity contribution is 5.94. The first-order chi connectivity index (χ1) is 14.5. The van der Waals surface area contributed by atoms with Gasteiger partial charge in [0.15, 0.2) is 17.3 Å². The van der Waals surface area contributed by atoms with Crippen LogP contribution in [0, 0.1) is 0 Å². The number of Topliss-reactive ketones (excluding diaryl/α,β-unsaturated/α-hetero) is 1. The first-order valence-corrected chi connectivity index (χ1v) is 10.5. The number of carbonyl (C=O) groups is 1. The summed E-state index contributed by atoms with van der Waals surface area (Å²) in [5.41, 5.74) is 3.03. The van der Waals surface area contributed by atoms with Gasteiger partial charge in [0.05, 0.1) is 20.8 Å². The number of piperazine rings is 1. The van der Waals surface area contributed by atoms with Gasteiger partial charge in [0.25, 0.3) is 0 Å². The number of hydrogen-bond acceptors (Lipinski definition) is 6. The fourth-order valence-corrected chi connectivity index (χ4v) is 3.80. The fraction of sp³-hybridized carbons (Fsp3) is 0.458. The van der Waals surface area contributed by atoms with E-state index in [1.165, 1.54) is 5.56 Å². The van der Waals surface area contributed by atoms with Gasteiger partial charge >= 0.3 is 0 Å². The fourth-order valence-electron chi connectivity index (χ4n) is 3.80. The Labute approximate surface area is 179 Å². The molecule has 3 rings (SSSR count). The Hall–Kier alpha value is -2.57. The van der Waals surface area contributed by atoms with Crippen LogP contribution in [-0.4, -0.2) is 62.6 Å². The van der Waals surface area contributed by atoms with Gasteiger partial charge in [0.2, 0.25) is 0 Å². The van der Waals surface area contributed by atoms with Crippen molar-refractivity contribution in [2.45, 2.75) is 26.9 Å². The molecular formula is C24H32N2O4. The summed E-state index contributed by atoms with van der Waals surface area (Å²) >= 11 is 0. The van der Waals surface area contributed by atoms with Crippen molar-refractivity contribution in [1.29, 1.82) is 0 Å². The van der Waals surface area contributed by atoms with E-state index in [1.807, 2.05) is 37.3 Å². The average molecular weight is 413 g/mol. The van der Waals surface area contributed by atoms with Crippen molar-refractivity contribution in [2.75, 3.05) is 47.0 Å². The molecule has 1 aliphatic rings. The minimum atomic E-state index is 0.0824. The summed E-state index contributed by atoms with van der Waals surface area (Å²) in [5.74, 6) is 2.47. The number of hydrogen-bond donors (Lipinski definition) is 0. The molecule has 6 heteroatoms. The zero-order chi connectivity index (χ0) is 21.5. The van der Waals surface area contributed by atoms with Crippen LogP contribution >= 0.6 is 0 Å². The number of ketones is 1. The second kappa shape index (κ2) is 10.5. The zero-order valence-corrected chi connectivity index (χ0v) is 18.4. The largest absolute Gasteiger partial charge is 0.494 e. The van der Waals surface area contributed by atoms with Gasteiger partial charge < -0.3 is 14.2 Å². The molecule has 6 nitrogen and oxygen atoms in total. The summed E-state index contributed by atoms with van der Waals surface area (Å²) in [4.78, 5) is 16.7. The highest BCUT2D eigenvalue weighted by Gasteiger charge is 2.19. The predicted molar refractivity (Wildman–Crippen MR) is 118 cm³/mol. The summed E-state index contributed by atoms with van der Waals surface area (Å²) in [7, 11) is 3.32. The second-order valence-corrected chi connectivity index (χ2v) is 7.55. The van der Waals surface area contributed by atoms with E-state index >= 15 is 0 Å². The Kier molecular flexibility index (Phi) is 7.71. The van der Waals surface area contributed by atoms with E-state index in [9.17, 15) is 4.79 Å². The molecular weight excluding hydrogens is 380 g/mol. The third-order valence-electron chi connectivity index (χ3n) is 5.48. The van der Waals surface area contributed by atoms with Crippen LogP contribution in [0.25, 0.3) is 0 Å². The lowest BCUT2D eigenvalue weighted by atomic mass is 10.1. The van der Waals surface area contributed by atoms with Gasteiger partial charge in [0, 0.05) is 50.4 Å². The van der Waals surface area contributed by atoms with Crippen LogP contribution in [0.4, 0.5) is 0 Å². The monoisotopic (exact) mass is 412 g/mol. The summed E-state index contributed by atoms with van der Waals surface area (Å²) in [6.45, 7) is 9.81. The summed E-state index contributed by atoms with van der Waals surface area (Å²) in [6.07, 6.45) is 0. The normalized spacial score (nSPS) is 15.1. The Morgan fingerprint density at radius 1 is 0.867 bits per heavy atom. The van der Waals surface area contributed by atoms with E-state index in [1.54, 1.807) is 21.1 Å². The quantitative estimate of drug-likeness (QED) is 0.587. The molecule has 2 aromatic carbocycles. The molecule has 0 saturated carbocycles. The number of benzene rings is 2. The summed E-state index contributed by atoms with van der Waals surface area (Å²) in [5, 5.41) is 0. The van der Waals surface area contributed by atoms with Crippen molar-refractivity contribution >= 4 is 5.78 Å². The maximum Gasteiger partial charge on any atom is 0.161 e. The third kappa shape index (κ3) is 5.52. The predicted octanol–water partition coefficient (Wildman–Crippen LogP) is 3.62. The minimum absolute atomic E-state index is 0.0824. The Bertz CT molecular complexity index is 860. The lowest BCUT2D eigenvalue weighted by molar-refractivity contribution is 0.101. The number of ether oxygens (including phenoxy) is 3. The van der Waals surface area contributed by atoms with E-state index in [2.05, 4.69) is 15.9 Å². The van der Waals surface area contributed by atoms with E-state index in [0.29, 0.717) is 6.61 Å². The van der Waals surface area contributed by atoms with Gasteiger partial charge in [-0.05, 0) is 49.7 Å². The van der Waals surface area contributed by atoms with Crippen molar-refractivity contribution in [3.63, 3.8) is 0 Å². The molecule has 0 amide bonds. The van der Waals surface area contributed by atoms with Gasteiger partial charge in [-0.3, -0.25) is 14.6 Å².